The fraction of sp³-hybridized carbons (Fsp3) is 0.818. The lowest BCUT2D eigenvalue weighted by Gasteiger charge is -2.24. The first-order valence-corrected chi connectivity index (χ1v) is 26.4. The molecule has 0 aromatic heterocycles. The van der Waals surface area contributed by atoms with E-state index >= 15 is 0 Å². The zero-order chi connectivity index (χ0) is 44.5. The van der Waals surface area contributed by atoms with Crippen molar-refractivity contribution < 1.29 is 24.5 Å². The molecule has 0 aliphatic heterocycles. The normalized spacial score (nSPS) is 13.6. The van der Waals surface area contributed by atoms with Gasteiger partial charge in [-0.25, -0.2) is 0 Å². The molecule has 0 rings (SSSR count). The third-order valence-corrected chi connectivity index (χ3v) is 11.9. The minimum atomic E-state index is -0.791. The summed E-state index contributed by atoms with van der Waals surface area (Å²) in [6.45, 7) is 6.36. The van der Waals surface area contributed by atoms with Crippen LogP contribution in [0.3, 0.4) is 0 Å². The van der Waals surface area contributed by atoms with E-state index in [9.17, 15) is 19.8 Å². The Balaban J connectivity index is 4.58. The monoisotopic (exact) mass is 856 g/mol. The van der Waals surface area contributed by atoms with E-state index in [0.29, 0.717) is 19.3 Å². The number of esters is 1. The number of hydrogen-bond acceptors (Lipinski definition) is 5. The number of unbranched alkanes of at least 4 members (excludes halogenated alkanes) is 27. The van der Waals surface area contributed by atoms with E-state index in [1.807, 2.05) is 0 Å². The summed E-state index contributed by atoms with van der Waals surface area (Å²) in [4.78, 5) is 26.2. The molecular weight excluding hydrogens is 755 g/mol. The lowest BCUT2D eigenvalue weighted by molar-refractivity contribution is -0.151. The van der Waals surface area contributed by atoms with Gasteiger partial charge in [0.1, 0.15) is 6.10 Å². The smallest absolute Gasteiger partial charge is 0.306 e. The molecule has 356 valence electrons. The Morgan fingerprint density at radius 3 is 1.38 bits per heavy atom. The molecule has 0 aliphatic carbocycles. The zero-order valence-corrected chi connectivity index (χ0v) is 40.5. The zero-order valence-electron chi connectivity index (χ0n) is 40.5. The topological polar surface area (TPSA) is 95.9 Å². The predicted molar refractivity (Wildman–Crippen MR) is 264 cm³/mol. The van der Waals surface area contributed by atoms with Crippen molar-refractivity contribution in [3.8, 4) is 0 Å². The molecule has 6 heteroatoms. The van der Waals surface area contributed by atoms with Crippen molar-refractivity contribution in [2.24, 2.45) is 0 Å². The highest BCUT2D eigenvalue weighted by Gasteiger charge is 2.24. The summed E-state index contributed by atoms with van der Waals surface area (Å²) in [7, 11) is 0. The summed E-state index contributed by atoms with van der Waals surface area (Å²) in [5, 5.41) is 23.8. The second kappa shape index (κ2) is 48.8. The fourth-order valence-electron chi connectivity index (χ4n) is 7.91. The van der Waals surface area contributed by atoms with Crippen LogP contribution in [0.5, 0.6) is 0 Å². The van der Waals surface area contributed by atoms with Gasteiger partial charge < -0.3 is 20.3 Å². The number of ether oxygens (including phenoxy) is 1. The highest BCUT2D eigenvalue weighted by Crippen LogP contribution is 2.18. The average Bonchev–Trinajstić information content (AvgIpc) is 3.25. The molecule has 0 bridgehead atoms. The quantitative estimate of drug-likeness (QED) is 0.0322. The van der Waals surface area contributed by atoms with Crippen LogP contribution in [0.4, 0.5) is 0 Å². The van der Waals surface area contributed by atoms with E-state index in [1.165, 1.54) is 128 Å². The minimum Gasteiger partial charge on any atom is -0.462 e. The number of hydrogen-bond donors (Lipinski definition) is 3. The third kappa shape index (κ3) is 44.2. The number of carbonyl (C=O) groups excluding carboxylic acids is 2. The van der Waals surface area contributed by atoms with Crippen LogP contribution < -0.4 is 5.32 Å². The molecule has 3 N–H and O–H groups in total. The Labute approximate surface area is 378 Å². The number of allylic oxidation sites excluding steroid dienone is 8. The lowest BCUT2D eigenvalue weighted by atomic mass is 10.0. The van der Waals surface area contributed by atoms with Crippen LogP contribution >= 0.6 is 0 Å². The Kier molecular flexibility index (Phi) is 47.1. The molecule has 0 heterocycles. The number of aliphatic hydroxyl groups is 2. The van der Waals surface area contributed by atoms with E-state index in [2.05, 4.69) is 74.7 Å². The summed E-state index contributed by atoms with van der Waals surface area (Å²) in [6, 6.07) is -0.706. The predicted octanol–water partition coefficient (Wildman–Crippen LogP) is 15.8. The molecular formula is C55H101NO5. The molecule has 0 aromatic rings. The van der Waals surface area contributed by atoms with Crippen molar-refractivity contribution in [1.82, 2.24) is 5.32 Å². The Hall–Kier alpha value is -2.18. The number of carbonyl (C=O) groups is 2. The summed E-state index contributed by atoms with van der Waals surface area (Å²) in [5.74, 6) is -0.491. The van der Waals surface area contributed by atoms with Crippen molar-refractivity contribution in [3.63, 3.8) is 0 Å². The van der Waals surface area contributed by atoms with Crippen LogP contribution in [0.25, 0.3) is 0 Å². The summed E-state index contributed by atoms with van der Waals surface area (Å²) in [6.07, 6.45) is 58.8. The lowest BCUT2D eigenvalue weighted by Crippen LogP contribution is -2.46. The van der Waals surface area contributed by atoms with Gasteiger partial charge in [-0.1, -0.05) is 217 Å². The second-order valence-corrected chi connectivity index (χ2v) is 17.9. The van der Waals surface area contributed by atoms with Crippen molar-refractivity contribution in [1.29, 1.82) is 0 Å². The Morgan fingerprint density at radius 1 is 0.492 bits per heavy atom. The molecule has 3 atom stereocenters. The van der Waals surface area contributed by atoms with Gasteiger partial charge >= 0.3 is 5.97 Å². The highest BCUT2D eigenvalue weighted by atomic mass is 16.5. The molecule has 6 nitrogen and oxygen atoms in total. The summed E-state index contributed by atoms with van der Waals surface area (Å²) < 4.78 is 5.93. The van der Waals surface area contributed by atoms with Gasteiger partial charge in [0.05, 0.1) is 25.2 Å². The molecule has 0 saturated carbocycles. The number of nitrogens with one attached hydrogen (secondary N) is 1. The number of rotatable bonds is 47. The third-order valence-electron chi connectivity index (χ3n) is 11.9. The van der Waals surface area contributed by atoms with Gasteiger partial charge in [-0.15, -0.1) is 0 Å². The van der Waals surface area contributed by atoms with E-state index < -0.39 is 18.2 Å². The number of aliphatic hydroxyl groups excluding tert-OH is 2. The van der Waals surface area contributed by atoms with Gasteiger partial charge in [0.15, 0.2) is 0 Å². The molecule has 0 spiro atoms. The van der Waals surface area contributed by atoms with Crippen LogP contribution in [0.15, 0.2) is 48.6 Å². The first-order chi connectivity index (χ1) is 30.0. The van der Waals surface area contributed by atoms with Gasteiger partial charge in [-0.3, -0.25) is 9.59 Å². The van der Waals surface area contributed by atoms with Crippen LogP contribution in [0.2, 0.25) is 0 Å². The van der Waals surface area contributed by atoms with Crippen LogP contribution in [-0.2, 0) is 14.3 Å². The number of amides is 1. The minimum absolute atomic E-state index is 0.0672. The van der Waals surface area contributed by atoms with Crippen molar-refractivity contribution >= 4 is 11.9 Å². The molecule has 1 amide bonds. The first-order valence-electron chi connectivity index (χ1n) is 26.4. The van der Waals surface area contributed by atoms with Crippen LogP contribution in [0, 0.1) is 0 Å². The maximum atomic E-state index is 13.2. The van der Waals surface area contributed by atoms with Crippen LogP contribution in [0.1, 0.15) is 265 Å². The molecule has 0 saturated heterocycles. The van der Waals surface area contributed by atoms with Crippen LogP contribution in [-0.4, -0.2) is 46.9 Å². The van der Waals surface area contributed by atoms with Gasteiger partial charge in [0.2, 0.25) is 5.91 Å². The van der Waals surface area contributed by atoms with E-state index in [-0.39, 0.29) is 24.9 Å². The molecule has 0 aromatic carbocycles. The van der Waals surface area contributed by atoms with E-state index in [0.717, 1.165) is 89.9 Å². The maximum absolute atomic E-state index is 13.2. The highest BCUT2D eigenvalue weighted by molar-refractivity contribution is 5.77. The van der Waals surface area contributed by atoms with Gasteiger partial charge in [0, 0.05) is 6.42 Å². The Bertz CT molecular complexity index is 1050. The maximum Gasteiger partial charge on any atom is 0.306 e. The van der Waals surface area contributed by atoms with Gasteiger partial charge in [-0.05, 0) is 83.5 Å². The largest absolute Gasteiger partial charge is 0.462 e. The first kappa shape index (κ1) is 58.8. The molecule has 0 aliphatic rings. The van der Waals surface area contributed by atoms with E-state index in [1.54, 1.807) is 0 Å². The molecule has 0 fully saturated rings. The van der Waals surface area contributed by atoms with E-state index in [4.69, 9.17) is 4.74 Å². The average molecular weight is 856 g/mol. The standard InChI is InChI=1S/C55H101NO5/c1-4-7-10-13-16-19-22-25-26-27-30-33-36-39-42-45-48-55(60)61-51(46-43-40-37-34-31-28-23-20-17-14-11-8-5-2)49-54(59)56-52(50-57)53(58)47-44-41-38-35-32-29-24-21-18-15-12-9-6-3/h7,10,16,19-20,23,25-26,51-53,57-58H,4-6,8-9,11-15,17-18,21-22,24,27-50H2,1-3H3,(H,56,59)/b10-7+,19-16+,23-20-,26-25+. The molecule has 61 heavy (non-hydrogen) atoms. The molecule has 3 unspecified atom stereocenters. The van der Waals surface area contributed by atoms with Gasteiger partial charge in [-0.2, -0.15) is 0 Å². The van der Waals surface area contributed by atoms with Crippen molar-refractivity contribution in [3.05, 3.63) is 48.6 Å². The Morgan fingerprint density at radius 2 is 0.885 bits per heavy atom. The fourth-order valence-corrected chi connectivity index (χ4v) is 7.91. The SMILES string of the molecule is CC/C=C/C/C=C/C/C=C/CCCCCCCCC(=O)OC(CCCCCCC/C=C\CCCCCC)CC(=O)NC(CO)C(O)CCCCCCCCCCCCCCC. The van der Waals surface area contributed by atoms with Crippen molar-refractivity contribution in [2.45, 2.75) is 283 Å². The molecule has 0 radical (unpaired) electrons. The van der Waals surface area contributed by atoms with Crippen molar-refractivity contribution in [2.75, 3.05) is 6.61 Å². The van der Waals surface area contributed by atoms with Gasteiger partial charge in [0.25, 0.3) is 0 Å². The second-order valence-electron chi connectivity index (χ2n) is 17.9. The summed E-state index contributed by atoms with van der Waals surface area (Å²) in [5.41, 5.74) is 0. The summed E-state index contributed by atoms with van der Waals surface area (Å²) >= 11 is 0.